The molecule has 32 heavy (non-hydrogen) atoms. The van der Waals surface area contributed by atoms with Crippen molar-refractivity contribution in [2.75, 3.05) is 41.7 Å². The van der Waals surface area contributed by atoms with E-state index in [0.717, 1.165) is 32.4 Å². The third-order valence-corrected chi connectivity index (χ3v) is 5.57. The molecular weight excluding hydrogens is 412 g/mol. The van der Waals surface area contributed by atoms with Crippen LogP contribution in [-0.2, 0) is 4.79 Å². The molecule has 8 nitrogen and oxygen atoms in total. The Morgan fingerprint density at radius 2 is 1.62 bits per heavy atom. The predicted octanol–water partition coefficient (Wildman–Crippen LogP) is 3.75. The number of rotatable bonds is 5. The molecule has 0 N–H and O–H groups in total. The van der Waals surface area contributed by atoms with Crippen molar-refractivity contribution < 1.29 is 28.5 Å². The lowest BCUT2D eigenvalue weighted by molar-refractivity contribution is -0.130. The average molecular weight is 434 g/mol. The number of carbonyl (C=O) groups is 1. The molecule has 1 amide bonds. The van der Waals surface area contributed by atoms with Crippen LogP contribution in [0.4, 0.5) is 0 Å². The fraction of sp³-hybridized carbons (Fsp3) is 0.250. The first-order valence-corrected chi connectivity index (χ1v) is 10.0. The maximum absolute atomic E-state index is 12.2. The van der Waals surface area contributed by atoms with Crippen LogP contribution in [0.2, 0.25) is 0 Å². The summed E-state index contributed by atoms with van der Waals surface area (Å²) in [5, 5.41) is 4.37. The molecule has 2 heterocycles. The predicted molar refractivity (Wildman–Crippen MR) is 120 cm³/mol. The summed E-state index contributed by atoms with van der Waals surface area (Å²) >= 11 is 0. The third kappa shape index (κ3) is 3.15. The first-order chi connectivity index (χ1) is 15.5. The van der Waals surface area contributed by atoms with Crippen LogP contribution in [0.15, 0.2) is 36.4 Å². The molecule has 0 bridgehead atoms. The molecular formula is C24H22N2O6. The first-order valence-electron chi connectivity index (χ1n) is 10.0. The molecule has 5 rings (SSSR count). The second-order valence-electron chi connectivity index (χ2n) is 7.63. The molecule has 0 unspecified atom stereocenters. The summed E-state index contributed by atoms with van der Waals surface area (Å²) in [7, 11) is 6.53. The molecule has 0 radical (unpaired) electrons. The number of pyridine rings is 1. The van der Waals surface area contributed by atoms with Gasteiger partial charge in [-0.1, -0.05) is 12.1 Å². The zero-order chi connectivity index (χ0) is 22.4. The number of hydrogen-bond donors (Lipinski definition) is 0. The Morgan fingerprint density at radius 3 is 2.31 bits per heavy atom. The molecule has 4 aromatic rings. The van der Waals surface area contributed by atoms with E-state index in [9.17, 15) is 4.79 Å². The molecule has 0 aliphatic carbocycles. The van der Waals surface area contributed by atoms with Gasteiger partial charge in [0.05, 0.1) is 19.7 Å². The van der Waals surface area contributed by atoms with Crippen LogP contribution in [-0.4, -0.2) is 57.5 Å². The van der Waals surface area contributed by atoms with Gasteiger partial charge in [-0.15, -0.1) is 0 Å². The molecule has 0 saturated heterocycles. The Kier molecular flexibility index (Phi) is 4.77. The molecule has 3 aromatic carbocycles. The highest BCUT2D eigenvalue weighted by atomic mass is 16.7. The van der Waals surface area contributed by atoms with Crippen molar-refractivity contribution >= 4 is 38.4 Å². The summed E-state index contributed by atoms with van der Waals surface area (Å²) in [5.41, 5.74) is 0.729. The second-order valence-corrected chi connectivity index (χ2v) is 7.63. The highest BCUT2D eigenvalue weighted by molar-refractivity contribution is 6.17. The number of hydrogen-bond acceptors (Lipinski definition) is 7. The minimum Gasteiger partial charge on any atom is -0.493 e. The monoisotopic (exact) mass is 434 g/mol. The van der Waals surface area contributed by atoms with E-state index in [-0.39, 0.29) is 19.3 Å². The van der Waals surface area contributed by atoms with Crippen molar-refractivity contribution in [3.05, 3.63) is 36.4 Å². The number of aromatic nitrogens is 1. The van der Waals surface area contributed by atoms with Crippen molar-refractivity contribution in [1.29, 1.82) is 0 Å². The van der Waals surface area contributed by atoms with Crippen LogP contribution >= 0.6 is 0 Å². The number of carbonyl (C=O) groups excluding carboxylic acids is 1. The maximum atomic E-state index is 12.2. The van der Waals surface area contributed by atoms with E-state index in [1.807, 2.05) is 36.4 Å². The minimum atomic E-state index is -0.165. The first kappa shape index (κ1) is 20.0. The number of amides is 1. The van der Waals surface area contributed by atoms with Gasteiger partial charge in [0, 0.05) is 35.6 Å². The van der Waals surface area contributed by atoms with Crippen LogP contribution in [0.1, 0.15) is 0 Å². The van der Waals surface area contributed by atoms with Crippen LogP contribution in [0, 0.1) is 0 Å². The summed E-state index contributed by atoms with van der Waals surface area (Å²) < 4.78 is 28.0. The maximum Gasteiger partial charge on any atom is 0.260 e. The summed E-state index contributed by atoms with van der Waals surface area (Å²) in [6.45, 7) is 0.0595. The van der Waals surface area contributed by atoms with Gasteiger partial charge >= 0.3 is 0 Å². The van der Waals surface area contributed by atoms with Gasteiger partial charge in [0.2, 0.25) is 12.7 Å². The molecule has 0 atom stereocenters. The SMILES string of the molecule is COc1cc2c(OCC(=O)N(C)C)nc3c4cc5c(cc4ccc3c2cc1OC)OCO5. The van der Waals surface area contributed by atoms with Crippen LogP contribution < -0.4 is 23.7 Å². The van der Waals surface area contributed by atoms with E-state index >= 15 is 0 Å². The molecule has 0 saturated carbocycles. The van der Waals surface area contributed by atoms with Crippen LogP contribution in [0.3, 0.4) is 0 Å². The van der Waals surface area contributed by atoms with Gasteiger partial charge in [-0.25, -0.2) is 4.98 Å². The number of methoxy groups -OCH3 is 2. The third-order valence-electron chi connectivity index (χ3n) is 5.57. The second kappa shape index (κ2) is 7.64. The summed E-state index contributed by atoms with van der Waals surface area (Å²) in [6.07, 6.45) is 0. The van der Waals surface area contributed by atoms with Gasteiger partial charge in [-0.3, -0.25) is 4.79 Å². The molecule has 0 fully saturated rings. The fourth-order valence-corrected chi connectivity index (χ4v) is 3.85. The number of ether oxygens (including phenoxy) is 5. The lowest BCUT2D eigenvalue weighted by Gasteiger charge is -2.16. The van der Waals surface area contributed by atoms with Crippen molar-refractivity contribution in [2.24, 2.45) is 0 Å². The van der Waals surface area contributed by atoms with Gasteiger partial charge in [-0.2, -0.15) is 0 Å². The van der Waals surface area contributed by atoms with Gasteiger partial charge < -0.3 is 28.6 Å². The lowest BCUT2D eigenvalue weighted by Crippen LogP contribution is -2.27. The van der Waals surface area contributed by atoms with Gasteiger partial charge in [0.1, 0.15) is 0 Å². The topological polar surface area (TPSA) is 79.4 Å². The zero-order valence-electron chi connectivity index (χ0n) is 18.2. The van der Waals surface area contributed by atoms with E-state index < -0.39 is 0 Å². The molecule has 1 aliphatic heterocycles. The number of fused-ring (bicyclic) bond motifs is 6. The Morgan fingerprint density at radius 1 is 0.938 bits per heavy atom. The largest absolute Gasteiger partial charge is 0.493 e. The van der Waals surface area contributed by atoms with Crippen molar-refractivity contribution in [3.8, 4) is 28.9 Å². The fourth-order valence-electron chi connectivity index (χ4n) is 3.85. The highest BCUT2D eigenvalue weighted by Crippen LogP contribution is 2.43. The highest BCUT2D eigenvalue weighted by Gasteiger charge is 2.20. The zero-order valence-corrected chi connectivity index (χ0v) is 18.2. The Hall–Kier alpha value is -3.94. The minimum absolute atomic E-state index is 0.133. The molecule has 1 aliphatic rings. The Balaban J connectivity index is 1.81. The van der Waals surface area contributed by atoms with Crippen LogP contribution in [0.25, 0.3) is 32.4 Å². The number of nitrogens with zero attached hydrogens (tertiary/aromatic N) is 2. The van der Waals surface area contributed by atoms with E-state index in [1.165, 1.54) is 4.90 Å². The lowest BCUT2D eigenvalue weighted by atomic mass is 10.0. The Bertz CT molecular complexity index is 1380. The van der Waals surface area contributed by atoms with Gasteiger partial charge in [0.15, 0.2) is 29.6 Å². The summed E-state index contributed by atoms with van der Waals surface area (Å²) in [6, 6.07) is 11.6. The van der Waals surface area contributed by atoms with Gasteiger partial charge in [-0.05, 0) is 29.7 Å². The standard InChI is InChI=1S/C24H22N2O6/c1-26(2)22(27)11-30-24-17-10-19(29-4)18(28-3)9-16(17)14-6-5-13-7-20-21(32-12-31-20)8-15(13)23(14)25-24/h5-10H,11-12H2,1-4H3. The molecule has 164 valence electrons. The van der Waals surface area contributed by atoms with Crippen molar-refractivity contribution in [1.82, 2.24) is 9.88 Å². The summed E-state index contributed by atoms with van der Waals surface area (Å²) in [5.74, 6) is 2.69. The van der Waals surface area contributed by atoms with E-state index in [2.05, 4.69) is 0 Å². The van der Waals surface area contributed by atoms with Crippen LogP contribution in [0.5, 0.6) is 28.9 Å². The van der Waals surface area contributed by atoms with E-state index in [1.54, 1.807) is 28.3 Å². The molecule has 8 heteroatoms. The van der Waals surface area contributed by atoms with Gasteiger partial charge in [0.25, 0.3) is 5.91 Å². The smallest absolute Gasteiger partial charge is 0.260 e. The van der Waals surface area contributed by atoms with Crippen molar-refractivity contribution in [2.45, 2.75) is 0 Å². The Labute approximate surface area is 184 Å². The quantitative estimate of drug-likeness (QED) is 0.443. The summed E-state index contributed by atoms with van der Waals surface area (Å²) in [4.78, 5) is 18.5. The average Bonchev–Trinajstić information content (AvgIpc) is 3.27. The number of likely N-dealkylation sites (N-methyl/N-ethyl adjacent to an activating group) is 1. The van der Waals surface area contributed by atoms with E-state index in [0.29, 0.717) is 28.9 Å². The van der Waals surface area contributed by atoms with Crippen molar-refractivity contribution in [3.63, 3.8) is 0 Å². The molecule has 1 aromatic heterocycles. The molecule has 0 spiro atoms. The van der Waals surface area contributed by atoms with E-state index in [4.69, 9.17) is 28.7 Å². The normalized spacial score (nSPS) is 12.4. The number of benzene rings is 3.